The van der Waals surface area contributed by atoms with E-state index in [4.69, 9.17) is 11.6 Å². The van der Waals surface area contributed by atoms with Gasteiger partial charge >= 0.3 is 0 Å². The van der Waals surface area contributed by atoms with Crippen LogP contribution in [0.15, 0.2) is 5.38 Å². The zero-order valence-corrected chi connectivity index (χ0v) is 12.9. The van der Waals surface area contributed by atoms with Gasteiger partial charge < -0.3 is 0 Å². The second-order valence-corrected chi connectivity index (χ2v) is 6.55. The lowest BCUT2D eigenvalue weighted by Crippen LogP contribution is -2.44. The lowest BCUT2D eigenvalue weighted by molar-refractivity contribution is 0.102. The van der Waals surface area contributed by atoms with Crippen molar-refractivity contribution >= 4 is 22.9 Å². The molecule has 1 aromatic rings. The van der Waals surface area contributed by atoms with E-state index in [0.717, 1.165) is 24.2 Å². The van der Waals surface area contributed by atoms with Gasteiger partial charge in [0.1, 0.15) is 0 Å². The van der Waals surface area contributed by atoms with E-state index in [-0.39, 0.29) is 0 Å². The Bertz CT molecular complexity index is 356. The van der Waals surface area contributed by atoms with E-state index in [0.29, 0.717) is 5.88 Å². The van der Waals surface area contributed by atoms with Crippen LogP contribution >= 0.6 is 22.9 Å². The van der Waals surface area contributed by atoms with E-state index in [9.17, 15) is 0 Å². The Morgan fingerprint density at radius 3 is 2.72 bits per heavy atom. The average molecular weight is 287 g/mol. The molecule has 0 spiro atoms. The molecule has 2 atom stereocenters. The Morgan fingerprint density at radius 2 is 2.11 bits per heavy atom. The fraction of sp³-hybridized carbons (Fsp3) is 0.786. The summed E-state index contributed by atoms with van der Waals surface area (Å²) in [6.07, 6.45) is 6.42. The molecule has 1 saturated heterocycles. The Morgan fingerprint density at radius 1 is 1.39 bits per heavy atom. The van der Waals surface area contributed by atoms with Gasteiger partial charge in [0.2, 0.25) is 0 Å². The third-order valence-electron chi connectivity index (χ3n) is 3.92. The molecule has 1 fully saturated rings. The van der Waals surface area contributed by atoms with Crippen molar-refractivity contribution in [1.82, 2.24) is 9.88 Å². The Balaban J connectivity index is 1.77. The molecule has 0 aromatic carbocycles. The van der Waals surface area contributed by atoms with E-state index >= 15 is 0 Å². The SMILES string of the molecule is CC1CCCC(C)N1CCCc1nc(CCl)cs1. The van der Waals surface area contributed by atoms with Gasteiger partial charge in [0, 0.05) is 23.9 Å². The maximum Gasteiger partial charge on any atom is 0.0929 e. The first-order valence-corrected chi connectivity index (χ1v) is 8.37. The number of nitrogens with zero attached hydrogens (tertiary/aromatic N) is 2. The molecule has 4 heteroatoms. The number of halogens is 1. The highest BCUT2D eigenvalue weighted by atomic mass is 35.5. The molecule has 2 nitrogen and oxygen atoms in total. The van der Waals surface area contributed by atoms with Gasteiger partial charge in [-0.15, -0.1) is 22.9 Å². The van der Waals surface area contributed by atoms with Crippen molar-refractivity contribution in [2.24, 2.45) is 0 Å². The summed E-state index contributed by atoms with van der Waals surface area (Å²) in [5, 5.41) is 3.32. The summed E-state index contributed by atoms with van der Waals surface area (Å²) in [6.45, 7) is 5.94. The molecule has 0 saturated carbocycles. The number of hydrogen-bond acceptors (Lipinski definition) is 3. The van der Waals surface area contributed by atoms with Gasteiger partial charge in [-0.25, -0.2) is 4.98 Å². The van der Waals surface area contributed by atoms with Gasteiger partial charge in [-0.2, -0.15) is 0 Å². The number of alkyl halides is 1. The number of rotatable bonds is 5. The largest absolute Gasteiger partial charge is 0.298 e. The van der Waals surface area contributed by atoms with Gasteiger partial charge in [-0.3, -0.25) is 4.90 Å². The standard InChI is InChI=1S/C14H23ClN2S/c1-11-5-3-6-12(2)17(11)8-4-7-14-16-13(9-15)10-18-14/h10-12H,3-9H2,1-2H3. The van der Waals surface area contributed by atoms with Crippen LogP contribution in [0.1, 0.15) is 50.2 Å². The highest BCUT2D eigenvalue weighted by molar-refractivity contribution is 7.09. The van der Waals surface area contributed by atoms with Crippen LogP contribution < -0.4 is 0 Å². The molecule has 2 unspecified atom stereocenters. The minimum Gasteiger partial charge on any atom is -0.298 e. The number of aryl methyl sites for hydroxylation is 1. The number of piperidine rings is 1. The average Bonchev–Trinajstić information content (AvgIpc) is 2.81. The highest BCUT2D eigenvalue weighted by Crippen LogP contribution is 2.23. The molecule has 0 radical (unpaired) electrons. The van der Waals surface area contributed by atoms with Crippen molar-refractivity contribution in [3.05, 3.63) is 16.1 Å². The molecular weight excluding hydrogens is 264 g/mol. The predicted octanol–water partition coefficient (Wildman–Crippen LogP) is 4.08. The normalized spacial score (nSPS) is 25.5. The van der Waals surface area contributed by atoms with Crippen LogP contribution in [0, 0.1) is 0 Å². The van der Waals surface area contributed by atoms with Crippen molar-refractivity contribution in [2.75, 3.05) is 6.54 Å². The van der Waals surface area contributed by atoms with E-state index in [1.807, 2.05) is 0 Å². The number of likely N-dealkylation sites (tertiary alicyclic amines) is 1. The molecule has 18 heavy (non-hydrogen) atoms. The maximum absolute atomic E-state index is 5.77. The predicted molar refractivity (Wildman–Crippen MR) is 79.5 cm³/mol. The quantitative estimate of drug-likeness (QED) is 0.758. The van der Waals surface area contributed by atoms with Crippen molar-refractivity contribution in [3.8, 4) is 0 Å². The third kappa shape index (κ3) is 3.69. The van der Waals surface area contributed by atoms with E-state index in [1.54, 1.807) is 11.3 Å². The molecule has 1 aliphatic heterocycles. The van der Waals surface area contributed by atoms with Gasteiger partial charge in [0.15, 0.2) is 0 Å². The summed E-state index contributed by atoms with van der Waals surface area (Å²) in [5.74, 6) is 0.538. The van der Waals surface area contributed by atoms with Crippen LogP contribution in [0.3, 0.4) is 0 Å². The van der Waals surface area contributed by atoms with E-state index in [1.165, 1.54) is 37.2 Å². The first-order chi connectivity index (χ1) is 8.70. The van der Waals surface area contributed by atoms with Gasteiger partial charge in [0.25, 0.3) is 0 Å². The molecule has 2 rings (SSSR count). The highest BCUT2D eigenvalue weighted by Gasteiger charge is 2.23. The second-order valence-electron chi connectivity index (χ2n) is 5.34. The molecule has 2 heterocycles. The zero-order valence-electron chi connectivity index (χ0n) is 11.4. The maximum atomic E-state index is 5.77. The number of thiazole rings is 1. The Hall–Kier alpha value is -0.120. The zero-order chi connectivity index (χ0) is 13.0. The van der Waals surface area contributed by atoms with Crippen molar-refractivity contribution < 1.29 is 0 Å². The lowest BCUT2D eigenvalue weighted by atomic mass is 9.97. The fourth-order valence-corrected chi connectivity index (χ4v) is 3.92. The minimum atomic E-state index is 0.538. The van der Waals surface area contributed by atoms with Gasteiger partial charge in [0.05, 0.1) is 16.6 Å². The van der Waals surface area contributed by atoms with Crippen LogP contribution in [-0.2, 0) is 12.3 Å². The van der Waals surface area contributed by atoms with E-state index < -0.39 is 0 Å². The summed E-state index contributed by atoms with van der Waals surface area (Å²) in [5.41, 5.74) is 1.02. The summed E-state index contributed by atoms with van der Waals surface area (Å²) in [7, 11) is 0. The Kier molecular flexibility index (Phi) is 5.46. The smallest absolute Gasteiger partial charge is 0.0929 e. The van der Waals surface area contributed by atoms with Gasteiger partial charge in [-0.1, -0.05) is 6.42 Å². The van der Waals surface area contributed by atoms with Crippen LogP contribution in [0.2, 0.25) is 0 Å². The van der Waals surface area contributed by atoms with Crippen LogP contribution in [0.4, 0.5) is 0 Å². The second kappa shape index (κ2) is 6.88. The summed E-state index contributed by atoms with van der Waals surface area (Å²) in [6, 6.07) is 1.51. The molecule has 1 aromatic heterocycles. The molecule has 0 aliphatic carbocycles. The molecule has 102 valence electrons. The lowest BCUT2D eigenvalue weighted by Gasteiger charge is -2.39. The summed E-state index contributed by atoms with van der Waals surface area (Å²) < 4.78 is 0. The Labute approximate surface area is 119 Å². The monoisotopic (exact) mass is 286 g/mol. The first-order valence-electron chi connectivity index (χ1n) is 6.95. The van der Waals surface area contributed by atoms with Crippen LogP contribution in [-0.4, -0.2) is 28.5 Å². The topological polar surface area (TPSA) is 16.1 Å². The van der Waals surface area contributed by atoms with Crippen LogP contribution in [0.5, 0.6) is 0 Å². The molecule has 0 amide bonds. The molecular formula is C14H23ClN2S. The van der Waals surface area contributed by atoms with Crippen molar-refractivity contribution in [1.29, 1.82) is 0 Å². The first kappa shape index (κ1) is 14.3. The number of hydrogen-bond donors (Lipinski definition) is 0. The van der Waals surface area contributed by atoms with E-state index in [2.05, 4.69) is 29.1 Å². The van der Waals surface area contributed by atoms with Gasteiger partial charge in [-0.05, 0) is 39.7 Å². The molecule has 0 N–H and O–H groups in total. The molecule has 0 bridgehead atoms. The molecule has 1 aliphatic rings. The fourth-order valence-electron chi connectivity index (χ4n) is 2.85. The third-order valence-corrected chi connectivity index (χ3v) is 5.15. The van der Waals surface area contributed by atoms with Crippen molar-refractivity contribution in [2.45, 2.75) is 63.9 Å². The number of aromatic nitrogens is 1. The summed E-state index contributed by atoms with van der Waals surface area (Å²) >= 11 is 7.52. The summed E-state index contributed by atoms with van der Waals surface area (Å²) in [4.78, 5) is 7.18. The van der Waals surface area contributed by atoms with Crippen molar-refractivity contribution in [3.63, 3.8) is 0 Å². The minimum absolute atomic E-state index is 0.538. The van der Waals surface area contributed by atoms with Crippen LogP contribution in [0.25, 0.3) is 0 Å².